The van der Waals surface area contributed by atoms with E-state index in [2.05, 4.69) is 5.10 Å². The molecule has 1 N–H and O–H groups in total. The fourth-order valence-electron chi connectivity index (χ4n) is 3.22. The van der Waals surface area contributed by atoms with E-state index in [1.54, 1.807) is 16.9 Å². The number of aromatic nitrogens is 2. The number of rotatable bonds is 4. The molecule has 1 aliphatic carbocycles. The average molecular weight is 315 g/mol. The Morgan fingerprint density at radius 1 is 1.52 bits per heavy atom. The van der Waals surface area contributed by atoms with Crippen molar-refractivity contribution in [1.82, 2.24) is 9.78 Å². The van der Waals surface area contributed by atoms with Gasteiger partial charge in [-0.2, -0.15) is 5.10 Å². The van der Waals surface area contributed by atoms with Crippen LogP contribution in [0.5, 0.6) is 0 Å². The van der Waals surface area contributed by atoms with Crippen LogP contribution >= 0.6 is 0 Å². The van der Waals surface area contributed by atoms with Gasteiger partial charge in [-0.05, 0) is 43.2 Å². The molecule has 120 valence electrons. The molecule has 0 aliphatic heterocycles. The quantitative estimate of drug-likeness (QED) is 0.691. The third-order valence-electron chi connectivity index (χ3n) is 4.36. The zero-order chi connectivity index (χ0) is 16.6. The van der Waals surface area contributed by atoms with E-state index in [0.717, 1.165) is 36.1 Å². The first kappa shape index (κ1) is 15.2. The van der Waals surface area contributed by atoms with E-state index in [1.165, 1.54) is 12.1 Å². The molecule has 7 heteroatoms. The molecule has 2 aromatic rings. The van der Waals surface area contributed by atoms with Crippen molar-refractivity contribution in [2.75, 3.05) is 0 Å². The minimum atomic E-state index is -0.817. The maximum Gasteiger partial charge on any atom is 0.303 e. The van der Waals surface area contributed by atoms with E-state index in [0.29, 0.717) is 5.69 Å². The lowest BCUT2D eigenvalue weighted by Gasteiger charge is -2.22. The van der Waals surface area contributed by atoms with E-state index in [4.69, 9.17) is 5.11 Å². The summed E-state index contributed by atoms with van der Waals surface area (Å²) in [6, 6.07) is 4.70. The second-order valence-electron chi connectivity index (χ2n) is 5.87. The van der Waals surface area contributed by atoms with Crippen LogP contribution in [0.15, 0.2) is 24.4 Å². The zero-order valence-corrected chi connectivity index (χ0v) is 12.7. The number of carboxylic acids is 1. The van der Waals surface area contributed by atoms with Gasteiger partial charge in [0, 0.05) is 17.8 Å². The summed E-state index contributed by atoms with van der Waals surface area (Å²) in [6.45, 7) is 1.88. The lowest BCUT2D eigenvalue weighted by Crippen LogP contribution is -2.15. The first-order chi connectivity index (χ1) is 11.0. The number of fused-ring (bicyclic) bond motifs is 1. The number of carbonyl (C=O) groups is 1. The van der Waals surface area contributed by atoms with Crippen molar-refractivity contribution in [1.29, 1.82) is 0 Å². The van der Waals surface area contributed by atoms with Crippen molar-refractivity contribution in [3.8, 4) is 5.69 Å². The average Bonchev–Trinajstić information content (AvgIpc) is 2.92. The monoisotopic (exact) mass is 315 g/mol. The highest BCUT2D eigenvalue weighted by Crippen LogP contribution is 2.35. The summed E-state index contributed by atoms with van der Waals surface area (Å²) in [7, 11) is 0. The van der Waals surface area contributed by atoms with Crippen molar-refractivity contribution in [2.45, 2.75) is 38.5 Å². The van der Waals surface area contributed by atoms with Crippen molar-refractivity contribution in [3.63, 3.8) is 0 Å². The number of non-ortho nitro benzene ring substituents is 1. The van der Waals surface area contributed by atoms with Crippen molar-refractivity contribution < 1.29 is 14.8 Å². The minimum absolute atomic E-state index is 0.0211. The van der Waals surface area contributed by atoms with Gasteiger partial charge in [-0.25, -0.2) is 4.68 Å². The SMILES string of the molecule is Cc1ccc([N+](=O)[O-])cc1-n1ncc2c1CCCC2CC(=O)O. The molecular weight excluding hydrogens is 298 g/mol. The molecule has 1 unspecified atom stereocenters. The van der Waals surface area contributed by atoms with E-state index >= 15 is 0 Å². The summed E-state index contributed by atoms with van der Waals surface area (Å²) < 4.78 is 1.73. The molecule has 0 spiro atoms. The summed E-state index contributed by atoms with van der Waals surface area (Å²) in [5.41, 5.74) is 3.50. The second kappa shape index (κ2) is 5.83. The van der Waals surface area contributed by atoms with Gasteiger partial charge in [-0.1, -0.05) is 6.07 Å². The highest BCUT2D eigenvalue weighted by molar-refractivity contribution is 5.68. The number of hydrogen-bond acceptors (Lipinski definition) is 4. The normalized spacial score (nSPS) is 16.8. The van der Waals surface area contributed by atoms with Crippen LogP contribution in [0.3, 0.4) is 0 Å². The molecule has 3 rings (SSSR count). The fraction of sp³-hybridized carbons (Fsp3) is 0.375. The number of aryl methyl sites for hydroxylation is 1. The maximum atomic E-state index is 11.0. The molecule has 1 atom stereocenters. The molecule has 1 aromatic heterocycles. The van der Waals surface area contributed by atoms with E-state index in [1.807, 2.05) is 6.92 Å². The Morgan fingerprint density at radius 3 is 3.00 bits per heavy atom. The molecule has 0 fully saturated rings. The van der Waals surface area contributed by atoms with Crippen LogP contribution in [0.1, 0.15) is 42.0 Å². The van der Waals surface area contributed by atoms with Gasteiger partial charge >= 0.3 is 5.97 Å². The van der Waals surface area contributed by atoms with Gasteiger partial charge in [-0.3, -0.25) is 14.9 Å². The summed E-state index contributed by atoms with van der Waals surface area (Å²) in [6.07, 6.45) is 4.32. The van der Waals surface area contributed by atoms with Crippen molar-refractivity contribution in [2.24, 2.45) is 0 Å². The Balaban J connectivity index is 2.06. The smallest absolute Gasteiger partial charge is 0.303 e. The Hall–Kier alpha value is -2.70. The van der Waals surface area contributed by atoms with Crippen molar-refractivity contribution in [3.05, 3.63) is 51.3 Å². The number of hydrogen-bond donors (Lipinski definition) is 1. The minimum Gasteiger partial charge on any atom is -0.481 e. The summed E-state index contributed by atoms with van der Waals surface area (Å²) in [5, 5.41) is 24.4. The van der Waals surface area contributed by atoms with Gasteiger partial charge in [-0.15, -0.1) is 0 Å². The molecular formula is C16H17N3O4. The predicted octanol–water partition coefficient (Wildman–Crippen LogP) is 2.98. The number of carboxylic acid groups (broad SMARTS) is 1. The van der Waals surface area contributed by atoms with Gasteiger partial charge < -0.3 is 5.11 Å². The van der Waals surface area contributed by atoms with Gasteiger partial charge in [0.2, 0.25) is 0 Å². The first-order valence-corrected chi connectivity index (χ1v) is 7.51. The fourth-order valence-corrected chi connectivity index (χ4v) is 3.22. The molecule has 0 bridgehead atoms. The molecule has 23 heavy (non-hydrogen) atoms. The summed E-state index contributed by atoms with van der Waals surface area (Å²) in [4.78, 5) is 21.6. The topological polar surface area (TPSA) is 98.3 Å². The molecule has 7 nitrogen and oxygen atoms in total. The van der Waals surface area contributed by atoms with E-state index in [-0.39, 0.29) is 18.0 Å². The Morgan fingerprint density at radius 2 is 2.30 bits per heavy atom. The van der Waals surface area contributed by atoms with Crippen LogP contribution in [0.25, 0.3) is 5.69 Å². The molecule has 0 amide bonds. The molecule has 1 heterocycles. The summed E-state index contributed by atoms with van der Waals surface area (Å²) in [5.74, 6) is -0.855. The standard InChI is InChI=1S/C16H17N3O4/c1-10-5-6-12(19(22)23)8-15(10)18-14-4-2-3-11(7-16(20)21)13(14)9-17-18/h5-6,8-9,11H,2-4,7H2,1H3,(H,20,21). The highest BCUT2D eigenvalue weighted by Gasteiger charge is 2.27. The number of benzene rings is 1. The Labute approximate surface area is 132 Å². The van der Waals surface area contributed by atoms with E-state index < -0.39 is 10.9 Å². The number of nitro benzene ring substituents is 1. The third kappa shape index (κ3) is 2.81. The van der Waals surface area contributed by atoms with Crippen LogP contribution in [0, 0.1) is 17.0 Å². The van der Waals surface area contributed by atoms with E-state index in [9.17, 15) is 14.9 Å². The number of nitro groups is 1. The third-order valence-corrected chi connectivity index (χ3v) is 4.36. The number of aliphatic carboxylic acids is 1. The lowest BCUT2D eigenvalue weighted by atomic mass is 9.85. The maximum absolute atomic E-state index is 11.0. The Kier molecular flexibility index (Phi) is 3.85. The second-order valence-corrected chi connectivity index (χ2v) is 5.87. The first-order valence-electron chi connectivity index (χ1n) is 7.51. The molecule has 1 aliphatic rings. The van der Waals surface area contributed by atoms with Crippen LogP contribution in [-0.2, 0) is 11.2 Å². The predicted molar refractivity (Wildman–Crippen MR) is 82.9 cm³/mol. The molecule has 1 aromatic carbocycles. The highest BCUT2D eigenvalue weighted by atomic mass is 16.6. The van der Waals surface area contributed by atoms with Gasteiger partial charge in [0.05, 0.1) is 23.2 Å². The summed E-state index contributed by atoms with van der Waals surface area (Å²) >= 11 is 0. The van der Waals surface area contributed by atoms with Crippen LogP contribution in [0.2, 0.25) is 0 Å². The molecule has 0 saturated heterocycles. The largest absolute Gasteiger partial charge is 0.481 e. The van der Waals surface area contributed by atoms with Crippen LogP contribution in [0.4, 0.5) is 5.69 Å². The lowest BCUT2D eigenvalue weighted by molar-refractivity contribution is -0.384. The molecule has 0 radical (unpaired) electrons. The van der Waals surface area contributed by atoms with Gasteiger partial charge in [0.15, 0.2) is 0 Å². The molecule has 0 saturated carbocycles. The van der Waals surface area contributed by atoms with Crippen LogP contribution in [-0.4, -0.2) is 25.8 Å². The van der Waals surface area contributed by atoms with Crippen molar-refractivity contribution >= 4 is 11.7 Å². The number of nitrogens with zero attached hydrogens (tertiary/aromatic N) is 3. The van der Waals surface area contributed by atoms with Crippen LogP contribution < -0.4 is 0 Å². The zero-order valence-electron chi connectivity index (χ0n) is 12.7. The van der Waals surface area contributed by atoms with Gasteiger partial charge in [0.1, 0.15) is 0 Å². The Bertz CT molecular complexity index is 782. The van der Waals surface area contributed by atoms with Gasteiger partial charge in [0.25, 0.3) is 5.69 Å².